The summed E-state index contributed by atoms with van der Waals surface area (Å²) >= 11 is 7.00. The molecule has 1 aromatic carbocycles. The minimum atomic E-state index is 0.704. The molecule has 2 rings (SSSR count). The predicted octanol–water partition coefficient (Wildman–Crippen LogP) is 4.39. The van der Waals surface area contributed by atoms with Gasteiger partial charge in [0.1, 0.15) is 0 Å². The number of benzene rings is 1. The summed E-state index contributed by atoms with van der Waals surface area (Å²) in [5.41, 5.74) is 2.97. The van der Waals surface area contributed by atoms with Crippen LogP contribution in [0.3, 0.4) is 0 Å². The molecule has 0 saturated heterocycles. The number of aromatic nitrogens is 2. The fourth-order valence-electron chi connectivity index (χ4n) is 1.72. The Kier molecular flexibility index (Phi) is 4.02. The van der Waals surface area contributed by atoms with Crippen molar-refractivity contribution in [2.45, 2.75) is 13.8 Å². The number of anilines is 2. The van der Waals surface area contributed by atoms with Crippen LogP contribution in [0, 0.1) is 13.8 Å². The highest BCUT2D eigenvalue weighted by molar-refractivity contribution is 9.11. The second-order valence-electron chi connectivity index (χ2n) is 4.11. The van der Waals surface area contributed by atoms with E-state index >= 15 is 0 Å². The van der Waals surface area contributed by atoms with E-state index in [-0.39, 0.29) is 0 Å². The largest absolute Gasteiger partial charge is 0.312 e. The Morgan fingerprint density at radius 3 is 2.17 bits per heavy atom. The van der Waals surface area contributed by atoms with Gasteiger partial charge in [0.25, 0.3) is 0 Å². The van der Waals surface area contributed by atoms with Crippen LogP contribution in [0.2, 0.25) is 0 Å². The lowest BCUT2D eigenvalue weighted by atomic mass is 10.3. The molecule has 2 aromatic rings. The van der Waals surface area contributed by atoms with Gasteiger partial charge in [0, 0.05) is 27.4 Å². The van der Waals surface area contributed by atoms with Crippen molar-refractivity contribution in [1.29, 1.82) is 0 Å². The number of halogens is 2. The maximum absolute atomic E-state index is 4.46. The number of hydrogen-bond acceptors (Lipinski definition) is 3. The van der Waals surface area contributed by atoms with Crippen LogP contribution in [-0.4, -0.2) is 17.0 Å². The van der Waals surface area contributed by atoms with Gasteiger partial charge >= 0.3 is 0 Å². The Labute approximate surface area is 124 Å². The van der Waals surface area contributed by atoms with Crippen molar-refractivity contribution in [1.82, 2.24) is 9.97 Å². The Hall–Kier alpha value is -0.940. The lowest BCUT2D eigenvalue weighted by Gasteiger charge is -2.19. The van der Waals surface area contributed by atoms with Crippen LogP contribution in [-0.2, 0) is 0 Å². The predicted molar refractivity (Wildman–Crippen MR) is 81.4 cm³/mol. The summed E-state index contributed by atoms with van der Waals surface area (Å²) in [7, 11) is 1.96. The van der Waals surface area contributed by atoms with Gasteiger partial charge in [-0.2, -0.15) is 0 Å². The first-order valence-corrected chi connectivity index (χ1v) is 7.07. The normalized spacial score (nSPS) is 10.5. The molecule has 0 bridgehead atoms. The van der Waals surface area contributed by atoms with Crippen LogP contribution in [0.4, 0.5) is 11.6 Å². The van der Waals surface area contributed by atoms with Crippen LogP contribution in [0.1, 0.15) is 11.4 Å². The molecular formula is C13H13Br2N3. The molecule has 18 heavy (non-hydrogen) atoms. The van der Waals surface area contributed by atoms with Gasteiger partial charge in [0.15, 0.2) is 0 Å². The quantitative estimate of drug-likeness (QED) is 0.785. The highest BCUT2D eigenvalue weighted by atomic mass is 79.9. The van der Waals surface area contributed by atoms with E-state index in [9.17, 15) is 0 Å². The van der Waals surface area contributed by atoms with E-state index in [0.717, 1.165) is 26.0 Å². The number of aryl methyl sites for hydroxylation is 2. The van der Waals surface area contributed by atoms with E-state index in [2.05, 4.69) is 41.8 Å². The van der Waals surface area contributed by atoms with Crippen molar-refractivity contribution in [3.05, 3.63) is 44.6 Å². The third-order valence-electron chi connectivity index (χ3n) is 2.54. The molecule has 0 fully saturated rings. The van der Waals surface area contributed by atoms with Crippen LogP contribution in [0.15, 0.2) is 33.2 Å². The van der Waals surface area contributed by atoms with Gasteiger partial charge in [0.05, 0.1) is 5.69 Å². The first-order valence-electron chi connectivity index (χ1n) is 5.48. The highest BCUT2D eigenvalue weighted by Gasteiger charge is 2.11. The molecule has 0 saturated carbocycles. The molecule has 3 nitrogen and oxygen atoms in total. The number of nitrogens with zero attached hydrogens (tertiary/aromatic N) is 3. The van der Waals surface area contributed by atoms with E-state index in [4.69, 9.17) is 0 Å². The molecule has 1 heterocycles. The van der Waals surface area contributed by atoms with Crippen LogP contribution >= 0.6 is 31.9 Å². The van der Waals surface area contributed by atoms with Gasteiger partial charge in [-0.3, -0.25) is 0 Å². The third kappa shape index (κ3) is 2.90. The number of hydrogen-bond donors (Lipinski definition) is 0. The maximum Gasteiger partial charge on any atom is 0.230 e. The second-order valence-corrected chi connectivity index (χ2v) is 5.88. The molecular weight excluding hydrogens is 358 g/mol. The fraction of sp³-hybridized carbons (Fsp3) is 0.231. The van der Waals surface area contributed by atoms with Crippen molar-refractivity contribution in [2.75, 3.05) is 11.9 Å². The summed E-state index contributed by atoms with van der Waals surface area (Å²) in [4.78, 5) is 10.9. The van der Waals surface area contributed by atoms with Gasteiger partial charge in [-0.15, -0.1) is 0 Å². The Morgan fingerprint density at radius 1 is 1.00 bits per heavy atom. The van der Waals surface area contributed by atoms with E-state index < -0.39 is 0 Å². The molecule has 0 aliphatic carbocycles. The summed E-state index contributed by atoms with van der Waals surface area (Å²) in [6.07, 6.45) is 0. The highest BCUT2D eigenvalue weighted by Crippen LogP contribution is 2.31. The van der Waals surface area contributed by atoms with Gasteiger partial charge < -0.3 is 4.90 Å². The van der Waals surface area contributed by atoms with E-state index in [1.54, 1.807) is 0 Å². The topological polar surface area (TPSA) is 29.0 Å². The van der Waals surface area contributed by atoms with Crippen molar-refractivity contribution in [3.8, 4) is 0 Å². The molecule has 0 radical (unpaired) electrons. The monoisotopic (exact) mass is 369 g/mol. The van der Waals surface area contributed by atoms with E-state index in [1.807, 2.05) is 50.1 Å². The number of rotatable bonds is 2. The summed E-state index contributed by atoms with van der Waals surface area (Å²) in [6, 6.07) is 8.00. The Morgan fingerprint density at radius 2 is 1.61 bits per heavy atom. The first-order chi connectivity index (χ1) is 8.47. The summed E-state index contributed by atoms with van der Waals surface area (Å²) < 4.78 is 2.04. The molecule has 5 heteroatoms. The minimum absolute atomic E-state index is 0.704. The SMILES string of the molecule is Cc1cc(C)nc(N(C)c2ccc(Br)cc2Br)n1. The first kappa shape index (κ1) is 13.5. The fourth-order valence-corrected chi connectivity index (χ4v) is 3.03. The molecule has 0 atom stereocenters. The Balaban J connectivity index is 2.44. The standard InChI is InChI=1S/C13H13Br2N3/c1-8-6-9(2)17-13(16-8)18(3)12-5-4-10(14)7-11(12)15/h4-7H,1-3H3. The molecule has 0 aliphatic rings. The molecule has 0 unspecified atom stereocenters. The van der Waals surface area contributed by atoms with E-state index in [0.29, 0.717) is 5.95 Å². The molecule has 1 aromatic heterocycles. The van der Waals surface area contributed by atoms with Crippen LogP contribution in [0.5, 0.6) is 0 Å². The average Bonchev–Trinajstić information content (AvgIpc) is 2.26. The lowest BCUT2D eigenvalue weighted by Crippen LogP contribution is -2.14. The van der Waals surface area contributed by atoms with Gasteiger partial charge in [-0.25, -0.2) is 9.97 Å². The second kappa shape index (κ2) is 5.36. The zero-order valence-electron chi connectivity index (χ0n) is 10.4. The zero-order chi connectivity index (χ0) is 13.3. The molecule has 0 amide bonds. The Bertz CT molecular complexity index is 564. The summed E-state index contributed by atoms with van der Waals surface area (Å²) in [6.45, 7) is 3.95. The third-order valence-corrected chi connectivity index (χ3v) is 3.67. The van der Waals surface area contributed by atoms with E-state index in [1.165, 1.54) is 0 Å². The van der Waals surface area contributed by atoms with Gasteiger partial charge in [0.2, 0.25) is 5.95 Å². The smallest absolute Gasteiger partial charge is 0.230 e. The molecule has 0 spiro atoms. The molecule has 94 valence electrons. The molecule has 0 N–H and O–H groups in total. The van der Waals surface area contributed by atoms with Crippen molar-refractivity contribution in [3.63, 3.8) is 0 Å². The zero-order valence-corrected chi connectivity index (χ0v) is 13.6. The van der Waals surface area contributed by atoms with Crippen LogP contribution < -0.4 is 4.90 Å². The maximum atomic E-state index is 4.46. The van der Waals surface area contributed by atoms with Crippen molar-refractivity contribution >= 4 is 43.5 Å². The van der Waals surface area contributed by atoms with Crippen molar-refractivity contribution in [2.24, 2.45) is 0 Å². The summed E-state index contributed by atoms with van der Waals surface area (Å²) in [5.74, 6) is 0.704. The van der Waals surface area contributed by atoms with Gasteiger partial charge in [-0.1, -0.05) is 15.9 Å². The average molecular weight is 371 g/mol. The molecule has 0 aliphatic heterocycles. The van der Waals surface area contributed by atoms with Gasteiger partial charge in [-0.05, 0) is 54.0 Å². The van der Waals surface area contributed by atoms with Crippen molar-refractivity contribution < 1.29 is 0 Å². The lowest BCUT2D eigenvalue weighted by molar-refractivity contribution is 0.985. The minimum Gasteiger partial charge on any atom is -0.312 e. The summed E-state index contributed by atoms with van der Waals surface area (Å²) in [5, 5.41) is 0. The van der Waals surface area contributed by atoms with Crippen LogP contribution in [0.25, 0.3) is 0 Å².